The van der Waals surface area contributed by atoms with Gasteiger partial charge in [0.15, 0.2) is 0 Å². The lowest BCUT2D eigenvalue weighted by Crippen LogP contribution is -2.00. The summed E-state index contributed by atoms with van der Waals surface area (Å²) < 4.78 is 5.68. The molecule has 0 aliphatic carbocycles. The molecular weight excluding hydrogens is 310 g/mol. The molecule has 4 nitrogen and oxygen atoms in total. The number of rotatable bonds is 8. The molecule has 1 aromatic carbocycles. The Morgan fingerprint density at radius 2 is 1.87 bits per heavy atom. The smallest absolute Gasteiger partial charge is 0.307 e. The third-order valence-corrected chi connectivity index (χ3v) is 4.96. The molecule has 0 aliphatic rings. The minimum Gasteiger partial charge on any atom is -0.481 e. The first-order chi connectivity index (χ1) is 11.1. The summed E-state index contributed by atoms with van der Waals surface area (Å²) in [5.74, 6) is 0.308. The summed E-state index contributed by atoms with van der Waals surface area (Å²) in [5, 5.41) is 9.38. The van der Waals surface area contributed by atoms with E-state index in [0.29, 0.717) is 16.7 Å². The average Bonchev–Trinajstić information content (AvgIpc) is 2.55. The molecule has 0 atom stereocenters. The number of carboxylic acids is 1. The number of aliphatic carboxylic acids is 1. The second-order valence-corrected chi connectivity index (χ2v) is 6.58. The van der Waals surface area contributed by atoms with E-state index in [0.717, 1.165) is 18.6 Å². The summed E-state index contributed by atoms with van der Waals surface area (Å²) in [6, 6.07) is 11.4. The van der Waals surface area contributed by atoms with Crippen LogP contribution < -0.4 is 4.74 Å². The maximum absolute atomic E-state index is 10.6. The maximum atomic E-state index is 10.6. The Hall–Kier alpha value is -2.01. The molecule has 0 fully saturated rings. The van der Waals surface area contributed by atoms with Gasteiger partial charge in [0.05, 0.1) is 6.42 Å². The van der Waals surface area contributed by atoms with Crippen LogP contribution in [0.5, 0.6) is 11.6 Å². The minimum absolute atomic E-state index is 0.0325. The second kappa shape index (κ2) is 8.58. The Kier molecular flexibility index (Phi) is 6.47. The highest BCUT2D eigenvalue weighted by molar-refractivity contribution is 8.00. The minimum atomic E-state index is -0.869. The first-order valence-corrected chi connectivity index (χ1v) is 8.60. The Bertz CT molecular complexity index is 622. The monoisotopic (exact) mass is 331 g/mol. The van der Waals surface area contributed by atoms with Gasteiger partial charge in [0.2, 0.25) is 5.88 Å². The number of carbonyl (C=O) groups is 1. The van der Waals surface area contributed by atoms with E-state index in [2.05, 4.69) is 31.0 Å². The van der Waals surface area contributed by atoms with Crippen molar-refractivity contribution in [2.75, 3.05) is 0 Å². The predicted octanol–water partition coefficient (Wildman–Crippen LogP) is 4.78. The number of aromatic nitrogens is 1. The number of carboxylic acid groups (broad SMARTS) is 1. The number of thioether (sulfide) groups is 1. The van der Waals surface area contributed by atoms with E-state index in [1.54, 1.807) is 12.1 Å². The van der Waals surface area contributed by atoms with Gasteiger partial charge in [-0.15, -0.1) is 11.8 Å². The van der Waals surface area contributed by atoms with E-state index in [9.17, 15) is 4.79 Å². The van der Waals surface area contributed by atoms with Gasteiger partial charge in [0, 0.05) is 22.4 Å². The SMILES string of the molecule is CCC(CC)Sc1ccc(Oc2ccc(CC(=O)O)cn2)cc1. The van der Waals surface area contributed by atoms with Crippen molar-refractivity contribution in [3.63, 3.8) is 0 Å². The summed E-state index contributed by atoms with van der Waals surface area (Å²) in [6.07, 6.45) is 3.81. The molecule has 0 radical (unpaired) electrons. The highest BCUT2D eigenvalue weighted by Crippen LogP contribution is 2.29. The largest absolute Gasteiger partial charge is 0.481 e. The normalized spacial score (nSPS) is 10.7. The van der Waals surface area contributed by atoms with Crippen LogP contribution in [0.4, 0.5) is 0 Å². The van der Waals surface area contributed by atoms with Crippen LogP contribution in [0.1, 0.15) is 32.3 Å². The molecule has 1 aromatic heterocycles. The average molecular weight is 331 g/mol. The highest BCUT2D eigenvalue weighted by Gasteiger charge is 2.06. The van der Waals surface area contributed by atoms with Crippen molar-refractivity contribution in [1.29, 1.82) is 0 Å². The van der Waals surface area contributed by atoms with Crippen molar-refractivity contribution in [2.24, 2.45) is 0 Å². The number of pyridine rings is 1. The van der Waals surface area contributed by atoms with Gasteiger partial charge in [-0.2, -0.15) is 0 Å². The van der Waals surface area contributed by atoms with E-state index in [1.165, 1.54) is 11.1 Å². The van der Waals surface area contributed by atoms with Crippen LogP contribution in [-0.4, -0.2) is 21.3 Å². The van der Waals surface area contributed by atoms with Gasteiger partial charge in [0.1, 0.15) is 5.75 Å². The molecule has 0 aliphatic heterocycles. The van der Waals surface area contributed by atoms with E-state index in [-0.39, 0.29) is 6.42 Å². The fraction of sp³-hybridized carbons (Fsp3) is 0.333. The number of nitrogens with zero attached hydrogens (tertiary/aromatic N) is 1. The molecule has 1 N–H and O–H groups in total. The third-order valence-electron chi connectivity index (χ3n) is 3.41. The Balaban J connectivity index is 1.96. The quantitative estimate of drug-likeness (QED) is 0.705. The molecular formula is C18H21NO3S. The van der Waals surface area contributed by atoms with Crippen LogP contribution in [0.15, 0.2) is 47.5 Å². The molecule has 0 saturated heterocycles. The van der Waals surface area contributed by atoms with E-state index < -0.39 is 5.97 Å². The lowest BCUT2D eigenvalue weighted by atomic mass is 10.2. The van der Waals surface area contributed by atoms with Crippen molar-refractivity contribution in [3.05, 3.63) is 48.2 Å². The molecule has 0 spiro atoms. The van der Waals surface area contributed by atoms with Crippen molar-refractivity contribution < 1.29 is 14.6 Å². The summed E-state index contributed by atoms with van der Waals surface area (Å²) in [4.78, 5) is 16.0. The van der Waals surface area contributed by atoms with Crippen LogP contribution in [0.2, 0.25) is 0 Å². The number of hydrogen-bond donors (Lipinski definition) is 1. The summed E-state index contributed by atoms with van der Waals surface area (Å²) in [5.41, 5.74) is 0.654. The van der Waals surface area contributed by atoms with Crippen LogP contribution in [0.3, 0.4) is 0 Å². The molecule has 2 rings (SSSR count). The molecule has 5 heteroatoms. The van der Waals surface area contributed by atoms with Crippen molar-refractivity contribution in [1.82, 2.24) is 4.98 Å². The second-order valence-electron chi connectivity index (χ2n) is 5.21. The van der Waals surface area contributed by atoms with Gasteiger partial charge in [0.25, 0.3) is 0 Å². The molecule has 0 bridgehead atoms. The van der Waals surface area contributed by atoms with Gasteiger partial charge < -0.3 is 9.84 Å². The Morgan fingerprint density at radius 3 is 2.39 bits per heavy atom. The standard InChI is InChI=1S/C18H21NO3S/c1-3-15(4-2)23-16-8-6-14(7-9-16)22-17-10-5-13(12-19-17)11-18(20)21/h5-10,12,15H,3-4,11H2,1-2H3,(H,20,21). The first-order valence-electron chi connectivity index (χ1n) is 7.72. The van der Waals surface area contributed by atoms with Gasteiger partial charge >= 0.3 is 5.97 Å². The number of benzene rings is 1. The summed E-state index contributed by atoms with van der Waals surface area (Å²) in [6.45, 7) is 4.41. The van der Waals surface area contributed by atoms with Crippen LogP contribution >= 0.6 is 11.8 Å². The maximum Gasteiger partial charge on any atom is 0.307 e. The van der Waals surface area contributed by atoms with Crippen LogP contribution in [0.25, 0.3) is 0 Å². The van der Waals surface area contributed by atoms with Gasteiger partial charge in [-0.25, -0.2) is 4.98 Å². The van der Waals surface area contributed by atoms with Crippen molar-refractivity contribution in [3.8, 4) is 11.6 Å². The molecule has 0 saturated carbocycles. The molecule has 1 heterocycles. The number of ether oxygens (including phenoxy) is 1. The molecule has 0 unspecified atom stereocenters. The topological polar surface area (TPSA) is 59.4 Å². The van der Waals surface area contributed by atoms with Gasteiger partial charge in [-0.05, 0) is 42.7 Å². The van der Waals surface area contributed by atoms with Gasteiger partial charge in [-0.1, -0.05) is 19.9 Å². The zero-order valence-corrected chi connectivity index (χ0v) is 14.2. The van der Waals surface area contributed by atoms with E-state index >= 15 is 0 Å². The Labute approximate surface area is 140 Å². The van der Waals surface area contributed by atoms with E-state index in [4.69, 9.17) is 9.84 Å². The zero-order chi connectivity index (χ0) is 16.7. The highest BCUT2D eigenvalue weighted by atomic mass is 32.2. The first kappa shape index (κ1) is 17.3. The van der Waals surface area contributed by atoms with Crippen LogP contribution in [-0.2, 0) is 11.2 Å². The fourth-order valence-corrected chi connectivity index (χ4v) is 3.12. The zero-order valence-electron chi connectivity index (χ0n) is 13.4. The predicted molar refractivity (Wildman–Crippen MR) is 92.3 cm³/mol. The van der Waals surface area contributed by atoms with Crippen molar-refractivity contribution >= 4 is 17.7 Å². The van der Waals surface area contributed by atoms with E-state index in [1.807, 2.05) is 23.9 Å². The summed E-state index contributed by atoms with van der Waals surface area (Å²) in [7, 11) is 0. The lowest BCUT2D eigenvalue weighted by Gasteiger charge is -2.12. The van der Waals surface area contributed by atoms with Crippen molar-refractivity contribution in [2.45, 2.75) is 43.3 Å². The number of hydrogen-bond acceptors (Lipinski definition) is 4. The molecule has 2 aromatic rings. The third kappa shape index (κ3) is 5.60. The summed E-state index contributed by atoms with van der Waals surface area (Å²) >= 11 is 1.88. The van der Waals surface area contributed by atoms with Crippen LogP contribution in [0, 0.1) is 0 Å². The molecule has 122 valence electrons. The Morgan fingerprint density at radius 1 is 1.17 bits per heavy atom. The lowest BCUT2D eigenvalue weighted by molar-refractivity contribution is -0.136. The molecule has 0 amide bonds. The van der Waals surface area contributed by atoms with Gasteiger partial charge in [-0.3, -0.25) is 4.79 Å². The fourth-order valence-electron chi connectivity index (χ4n) is 2.11. The molecule has 23 heavy (non-hydrogen) atoms.